The highest BCUT2D eigenvalue weighted by molar-refractivity contribution is 5.81. The number of aryl methyl sites for hydroxylation is 1. The fourth-order valence-electron chi connectivity index (χ4n) is 5.73. The van der Waals surface area contributed by atoms with Crippen molar-refractivity contribution in [3.63, 3.8) is 0 Å². The molecule has 1 aromatic heterocycles. The predicted octanol–water partition coefficient (Wildman–Crippen LogP) is 3.08. The van der Waals surface area contributed by atoms with Crippen LogP contribution in [0.2, 0.25) is 0 Å². The highest BCUT2D eigenvalue weighted by Crippen LogP contribution is 2.57. The number of nitrogens with zero attached hydrogens (tertiary/aromatic N) is 3. The molecule has 5 nitrogen and oxygen atoms in total. The van der Waals surface area contributed by atoms with Gasteiger partial charge in [0.15, 0.2) is 0 Å². The zero-order valence-electron chi connectivity index (χ0n) is 16.5. The van der Waals surface area contributed by atoms with Crippen molar-refractivity contribution in [2.75, 3.05) is 13.1 Å². The van der Waals surface area contributed by atoms with Crippen LogP contribution in [0.25, 0.3) is 10.9 Å². The maximum Gasteiger partial charge on any atom is 0.225 e. The number of benzene rings is 1. The Morgan fingerprint density at radius 3 is 2.63 bits per heavy atom. The van der Waals surface area contributed by atoms with Crippen molar-refractivity contribution < 1.29 is 9.90 Å². The average molecular weight is 367 g/mol. The first-order valence-electron chi connectivity index (χ1n) is 10.2. The number of hydrogen-bond donors (Lipinski definition) is 1. The van der Waals surface area contributed by atoms with Crippen LogP contribution in [0.4, 0.5) is 0 Å². The summed E-state index contributed by atoms with van der Waals surface area (Å²) in [6.07, 6.45) is 5.63. The van der Waals surface area contributed by atoms with Gasteiger partial charge in [0, 0.05) is 36.9 Å². The third kappa shape index (κ3) is 2.70. The summed E-state index contributed by atoms with van der Waals surface area (Å²) in [7, 11) is 2.00. The molecule has 5 heteroatoms. The van der Waals surface area contributed by atoms with Gasteiger partial charge in [0.05, 0.1) is 17.3 Å². The molecule has 27 heavy (non-hydrogen) atoms. The standard InChI is InChI=1S/C22H29N3O2/c1-14(15-4-5-16-11-23-24(3)19(16)6-15)17-9-22(10-17)12-25(13-22)20(26)18-7-21(2,27)8-18/h4-6,11,14,17-18,27H,7-10,12-13H2,1-3H3/t14-,18-,21+/m0/s1. The van der Waals surface area contributed by atoms with Gasteiger partial charge in [-0.05, 0) is 56.1 Å². The number of likely N-dealkylation sites (tertiary alicyclic amines) is 1. The number of carbonyl (C=O) groups is 1. The van der Waals surface area contributed by atoms with Gasteiger partial charge < -0.3 is 10.0 Å². The lowest BCUT2D eigenvalue weighted by molar-refractivity contribution is -0.172. The van der Waals surface area contributed by atoms with Crippen LogP contribution >= 0.6 is 0 Å². The number of aromatic nitrogens is 2. The van der Waals surface area contributed by atoms with E-state index in [1.54, 1.807) is 0 Å². The summed E-state index contributed by atoms with van der Waals surface area (Å²) in [5, 5.41) is 15.4. The lowest BCUT2D eigenvalue weighted by atomic mass is 9.54. The van der Waals surface area contributed by atoms with Gasteiger partial charge in [-0.25, -0.2) is 0 Å². The fraction of sp³-hybridized carbons (Fsp3) is 0.636. The first kappa shape index (κ1) is 17.2. The SMILES string of the molecule is C[C@@H](c1ccc2cnn(C)c2c1)C1CC2(C1)CN(C(=O)[C@H]1C[C@@](C)(O)C1)C2. The Labute approximate surface area is 160 Å². The second-order valence-electron chi connectivity index (χ2n) is 9.84. The van der Waals surface area contributed by atoms with Crippen LogP contribution in [0.1, 0.15) is 51.0 Å². The Kier molecular flexibility index (Phi) is 3.55. The molecule has 3 fully saturated rings. The maximum absolute atomic E-state index is 12.5. The second kappa shape index (κ2) is 5.57. The number of rotatable bonds is 3. The summed E-state index contributed by atoms with van der Waals surface area (Å²) in [6.45, 7) is 6.02. The summed E-state index contributed by atoms with van der Waals surface area (Å²) in [5.74, 6) is 1.57. The monoisotopic (exact) mass is 367 g/mol. The molecule has 1 aliphatic heterocycles. The van der Waals surface area contributed by atoms with Crippen LogP contribution in [0.5, 0.6) is 0 Å². The van der Waals surface area contributed by atoms with Gasteiger partial charge in [-0.1, -0.05) is 19.1 Å². The number of aliphatic hydroxyl groups is 1. The molecule has 1 aromatic carbocycles. The van der Waals surface area contributed by atoms with Crippen molar-refractivity contribution in [3.05, 3.63) is 30.0 Å². The van der Waals surface area contributed by atoms with Crippen molar-refractivity contribution in [2.24, 2.45) is 24.3 Å². The summed E-state index contributed by atoms with van der Waals surface area (Å²) >= 11 is 0. The lowest BCUT2D eigenvalue weighted by Crippen LogP contribution is -2.66. The van der Waals surface area contributed by atoms with Crippen LogP contribution in [0, 0.1) is 17.3 Å². The highest BCUT2D eigenvalue weighted by Gasteiger charge is 2.56. The largest absolute Gasteiger partial charge is 0.390 e. The van der Waals surface area contributed by atoms with E-state index in [1.807, 2.05) is 29.7 Å². The van der Waals surface area contributed by atoms with E-state index in [9.17, 15) is 9.90 Å². The minimum Gasteiger partial charge on any atom is -0.390 e. The van der Waals surface area contributed by atoms with Gasteiger partial charge in [-0.2, -0.15) is 5.10 Å². The van der Waals surface area contributed by atoms with E-state index in [0.29, 0.717) is 30.1 Å². The van der Waals surface area contributed by atoms with Gasteiger partial charge in [0.25, 0.3) is 0 Å². The van der Waals surface area contributed by atoms with Gasteiger partial charge in [0.1, 0.15) is 0 Å². The van der Waals surface area contributed by atoms with Crippen LogP contribution in [-0.2, 0) is 11.8 Å². The Morgan fingerprint density at radius 1 is 1.26 bits per heavy atom. The molecular weight excluding hydrogens is 338 g/mol. The molecule has 2 saturated carbocycles. The molecular formula is C22H29N3O2. The quantitative estimate of drug-likeness (QED) is 0.907. The Bertz CT molecular complexity index is 893. The molecule has 0 unspecified atom stereocenters. The third-order valence-electron chi connectivity index (χ3n) is 7.48. The molecule has 5 rings (SSSR count). The van der Waals surface area contributed by atoms with E-state index in [-0.39, 0.29) is 11.8 Å². The van der Waals surface area contributed by atoms with Crippen LogP contribution in [0.15, 0.2) is 24.4 Å². The van der Waals surface area contributed by atoms with E-state index < -0.39 is 5.60 Å². The van der Waals surface area contributed by atoms with Crippen molar-refractivity contribution in [1.29, 1.82) is 0 Å². The number of amides is 1. The zero-order chi connectivity index (χ0) is 19.0. The normalized spacial score (nSPS) is 30.7. The minimum atomic E-state index is -0.616. The van der Waals surface area contributed by atoms with Crippen LogP contribution < -0.4 is 0 Å². The van der Waals surface area contributed by atoms with E-state index in [1.165, 1.54) is 29.3 Å². The first-order valence-corrected chi connectivity index (χ1v) is 10.2. The summed E-state index contributed by atoms with van der Waals surface area (Å²) in [6, 6.07) is 6.72. The number of carbonyl (C=O) groups excluding carboxylic acids is 1. The average Bonchev–Trinajstić information content (AvgIpc) is 2.90. The molecule has 1 N–H and O–H groups in total. The number of fused-ring (bicyclic) bond motifs is 1. The van der Waals surface area contributed by atoms with E-state index in [0.717, 1.165) is 13.1 Å². The van der Waals surface area contributed by atoms with E-state index in [2.05, 4.69) is 30.2 Å². The zero-order valence-corrected chi connectivity index (χ0v) is 16.5. The molecule has 2 aliphatic carbocycles. The molecule has 0 radical (unpaired) electrons. The molecule has 2 aromatic rings. The first-order chi connectivity index (χ1) is 12.8. The Morgan fingerprint density at radius 2 is 1.96 bits per heavy atom. The molecule has 1 amide bonds. The van der Waals surface area contributed by atoms with E-state index >= 15 is 0 Å². The van der Waals surface area contributed by atoms with Gasteiger partial charge in [-0.3, -0.25) is 9.48 Å². The van der Waals surface area contributed by atoms with Crippen molar-refractivity contribution in [3.8, 4) is 0 Å². The smallest absolute Gasteiger partial charge is 0.225 e. The predicted molar refractivity (Wildman–Crippen MR) is 104 cm³/mol. The molecule has 0 bridgehead atoms. The molecule has 3 aliphatic rings. The maximum atomic E-state index is 12.5. The van der Waals surface area contributed by atoms with Crippen LogP contribution in [0.3, 0.4) is 0 Å². The summed E-state index contributed by atoms with van der Waals surface area (Å²) < 4.78 is 1.95. The minimum absolute atomic E-state index is 0.0535. The van der Waals surface area contributed by atoms with Crippen molar-refractivity contribution in [2.45, 2.75) is 51.0 Å². The summed E-state index contributed by atoms with van der Waals surface area (Å²) in [4.78, 5) is 14.5. The fourth-order valence-corrected chi connectivity index (χ4v) is 5.73. The molecule has 1 saturated heterocycles. The van der Waals surface area contributed by atoms with Crippen molar-refractivity contribution in [1.82, 2.24) is 14.7 Å². The van der Waals surface area contributed by atoms with Gasteiger partial charge >= 0.3 is 0 Å². The van der Waals surface area contributed by atoms with Gasteiger partial charge in [0.2, 0.25) is 5.91 Å². The van der Waals surface area contributed by atoms with Gasteiger partial charge in [-0.15, -0.1) is 0 Å². The molecule has 1 atom stereocenters. The molecule has 144 valence electrons. The highest BCUT2D eigenvalue weighted by atomic mass is 16.3. The third-order valence-corrected chi connectivity index (χ3v) is 7.48. The Balaban J connectivity index is 1.17. The second-order valence-corrected chi connectivity index (χ2v) is 9.84. The topological polar surface area (TPSA) is 58.4 Å². The van der Waals surface area contributed by atoms with Crippen LogP contribution in [-0.4, -0.2) is 44.4 Å². The Hall–Kier alpha value is -1.88. The number of hydrogen-bond acceptors (Lipinski definition) is 3. The molecule has 2 heterocycles. The molecule has 1 spiro atoms. The lowest BCUT2D eigenvalue weighted by Gasteiger charge is -2.61. The summed E-state index contributed by atoms with van der Waals surface area (Å²) in [5.41, 5.74) is 2.35. The van der Waals surface area contributed by atoms with E-state index in [4.69, 9.17) is 0 Å². The van der Waals surface area contributed by atoms with Crippen molar-refractivity contribution >= 4 is 16.8 Å².